The van der Waals surface area contributed by atoms with Crippen molar-refractivity contribution in [1.82, 2.24) is 0 Å². The molecular formula is C60H60N2. The van der Waals surface area contributed by atoms with Crippen LogP contribution in [0.4, 0.5) is 34.1 Å². The summed E-state index contributed by atoms with van der Waals surface area (Å²) >= 11 is 0. The molecule has 0 radical (unpaired) electrons. The summed E-state index contributed by atoms with van der Waals surface area (Å²) in [4.78, 5) is 4.82. The molecule has 0 saturated heterocycles. The number of benzene rings is 6. The lowest BCUT2D eigenvalue weighted by Gasteiger charge is -2.35. The molecule has 6 aromatic carbocycles. The molecule has 2 nitrogen and oxygen atoms in total. The molecule has 0 aliphatic heterocycles. The quantitative estimate of drug-likeness (QED) is 0.108. The minimum absolute atomic E-state index is 0.0899. The zero-order chi connectivity index (χ0) is 42.8. The number of hydrogen-bond donors (Lipinski definition) is 0. The number of para-hydroxylation sites is 2. The van der Waals surface area contributed by atoms with E-state index >= 15 is 0 Å². The molecule has 2 unspecified atom stereocenters. The van der Waals surface area contributed by atoms with Crippen LogP contribution >= 0.6 is 0 Å². The Hall–Kier alpha value is -6.38. The minimum Gasteiger partial charge on any atom is -0.310 e. The lowest BCUT2D eigenvalue weighted by molar-refractivity contribution is 0.436. The van der Waals surface area contributed by atoms with E-state index in [1.165, 1.54) is 68.6 Å². The summed E-state index contributed by atoms with van der Waals surface area (Å²) in [5.74, 6) is 0. The van der Waals surface area contributed by atoms with Gasteiger partial charge in [-0.25, -0.2) is 0 Å². The predicted octanol–water partition coefficient (Wildman–Crippen LogP) is 17.4. The van der Waals surface area contributed by atoms with Gasteiger partial charge in [-0.2, -0.15) is 0 Å². The van der Waals surface area contributed by atoms with E-state index in [-0.39, 0.29) is 10.8 Å². The van der Waals surface area contributed by atoms with Crippen LogP contribution in [0, 0.1) is 0 Å². The van der Waals surface area contributed by atoms with Crippen molar-refractivity contribution in [2.75, 3.05) is 9.80 Å². The molecule has 0 bridgehead atoms. The van der Waals surface area contributed by atoms with Crippen LogP contribution in [-0.2, 0) is 10.8 Å². The minimum atomic E-state index is -0.0899. The van der Waals surface area contributed by atoms with Crippen LogP contribution in [0.1, 0.15) is 101 Å². The van der Waals surface area contributed by atoms with Gasteiger partial charge in [-0.15, -0.1) is 0 Å². The van der Waals surface area contributed by atoms with Crippen molar-refractivity contribution in [2.45, 2.75) is 89.9 Å². The van der Waals surface area contributed by atoms with Gasteiger partial charge in [0.1, 0.15) is 0 Å². The van der Waals surface area contributed by atoms with Crippen molar-refractivity contribution < 1.29 is 0 Å². The normalized spacial score (nSPS) is 19.4. The molecular weight excluding hydrogens is 749 g/mol. The summed E-state index contributed by atoms with van der Waals surface area (Å²) in [6, 6.07) is 54.0. The van der Waals surface area contributed by atoms with E-state index in [1.807, 2.05) is 6.08 Å². The summed E-state index contributed by atoms with van der Waals surface area (Å²) < 4.78 is 0. The third kappa shape index (κ3) is 6.81. The molecule has 0 saturated carbocycles. The highest BCUT2D eigenvalue weighted by Crippen LogP contribution is 2.57. The Morgan fingerprint density at radius 1 is 0.548 bits per heavy atom. The molecule has 0 amide bonds. The first kappa shape index (κ1) is 41.0. The van der Waals surface area contributed by atoms with E-state index in [1.54, 1.807) is 5.57 Å². The molecule has 0 spiro atoms. The van der Waals surface area contributed by atoms with Crippen molar-refractivity contribution in [1.29, 1.82) is 0 Å². The number of rotatable bonds is 14. The highest BCUT2D eigenvalue weighted by Gasteiger charge is 2.44. The van der Waals surface area contributed by atoms with Gasteiger partial charge in [-0.3, -0.25) is 0 Å². The van der Waals surface area contributed by atoms with E-state index < -0.39 is 0 Å². The predicted molar refractivity (Wildman–Crippen MR) is 268 cm³/mol. The van der Waals surface area contributed by atoms with Crippen molar-refractivity contribution in [3.05, 3.63) is 216 Å². The third-order valence-electron chi connectivity index (χ3n) is 14.2. The molecule has 3 aliphatic rings. The fourth-order valence-corrected chi connectivity index (χ4v) is 11.3. The van der Waals surface area contributed by atoms with E-state index in [0.717, 1.165) is 67.0 Å². The van der Waals surface area contributed by atoms with E-state index in [9.17, 15) is 0 Å². The molecule has 6 aromatic rings. The van der Waals surface area contributed by atoms with Crippen LogP contribution in [0.15, 0.2) is 194 Å². The van der Waals surface area contributed by atoms with Gasteiger partial charge >= 0.3 is 0 Å². The molecule has 0 N–H and O–H groups in total. The maximum atomic E-state index is 4.69. The number of hydrogen-bond acceptors (Lipinski definition) is 2. The van der Waals surface area contributed by atoms with Crippen LogP contribution in [-0.4, -0.2) is 0 Å². The van der Waals surface area contributed by atoms with Gasteiger partial charge in [0.05, 0.1) is 0 Å². The molecule has 2 atom stereocenters. The average Bonchev–Trinajstić information content (AvgIpc) is 3.72. The zero-order valence-corrected chi connectivity index (χ0v) is 37.1. The molecule has 9 rings (SSSR count). The molecule has 0 aromatic heterocycles. The first-order valence-electron chi connectivity index (χ1n) is 23.0. The van der Waals surface area contributed by atoms with Crippen molar-refractivity contribution in [3.63, 3.8) is 0 Å². The van der Waals surface area contributed by atoms with Gasteiger partial charge < -0.3 is 9.80 Å². The Balaban J connectivity index is 1.06. The smallest absolute Gasteiger partial charge is 0.0465 e. The maximum absolute atomic E-state index is 4.69. The van der Waals surface area contributed by atoms with Gasteiger partial charge in [0.15, 0.2) is 0 Å². The average molecular weight is 809 g/mol. The lowest BCUT2D eigenvalue weighted by atomic mass is 9.70. The van der Waals surface area contributed by atoms with Crippen LogP contribution in [0.2, 0.25) is 0 Å². The number of fused-ring (bicyclic) bond motifs is 3. The largest absolute Gasteiger partial charge is 0.310 e. The molecule has 62 heavy (non-hydrogen) atoms. The molecule has 310 valence electrons. The first-order valence-corrected chi connectivity index (χ1v) is 23.0. The SMILES string of the molecule is C=C/C=C1\C(=C)C(CC)(CCC)c2cc(N(c3ccccc3)c3ccc(-c4ccc(N(c5ccccc5)c5ccc6c(c5)C(CC)(CCC)C5=C6C=CCC5)cc4)cc3)ccc21. The zero-order valence-electron chi connectivity index (χ0n) is 37.1. The lowest BCUT2D eigenvalue weighted by Crippen LogP contribution is -2.26. The van der Waals surface area contributed by atoms with Gasteiger partial charge in [0.25, 0.3) is 0 Å². The fraction of sp³-hybridized carbons (Fsp3) is 0.233. The van der Waals surface area contributed by atoms with Crippen LogP contribution in [0.5, 0.6) is 0 Å². The second-order valence-electron chi connectivity index (χ2n) is 17.4. The van der Waals surface area contributed by atoms with Crippen LogP contribution in [0.3, 0.4) is 0 Å². The topological polar surface area (TPSA) is 6.48 Å². The Labute approximate surface area is 371 Å². The van der Waals surface area contributed by atoms with E-state index in [2.05, 4.69) is 208 Å². The van der Waals surface area contributed by atoms with Crippen LogP contribution < -0.4 is 9.80 Å². The highest BCUT2D eigenvalue weighted by molar-refractivity contribution is 5.93. The highest BCUT2D eigenvalue weighted by atomic mass is 15.1. The number of allylic oxidation sites excluding steroid dienone is 8. The summed E-state index contributed by atoms with van der Waals surface area (Å²) in [5.41, 5.74) is 20.5. The summed E-state index contributed by atoms with van der Waals surface area (Å²) in [7, 11) is 0. The summed E-state index contributed by atoms with van der Waals surface area (Å²) in [6.45, 7) is 18.1. The van der Waals surface area contributed by atoms with Crippen molar-refractivity contribution >= 4 is 45.3 Å². The van der Waals surface area contributed by atoms with Gasteiger partial charge in [0, 0.05) is 45.0 Å². The molecule has 2 heteroatoms. The van der Waals surface area contributed by atoms with E-state index in [0.29, 0.717) is 0 Å². The summed E-state index contributed by atoms with van der Waals surface area (Å²) in [6.07, 6.45) is 17.8. The Kier molecular flexibility index (Phi) is 11.4. The number of nitrogens with zero attached hydrogens (tertiary/aromatic N) is 2. The Bertz CT molecular complexity index is 2700. The van der Waals surface area contributed by atoms with Gasteiger partial charge in [-0.1, -0.05) is 156 Å². The molecule has 0 heterocycles. The molecule has 0 fully saturated rings. The third-order valence-corrected chi connectivity index (χ3v) is 14.2. The van der Waals surface area contributed by atoms with Crippen molar-refractivity contribution in [3.8, 4) is 11.1 Å². The fourth-order valence-electron chi connectivity index (χ4n) is 11.3. The standard InChI is InChI=1S/C60H60N2/c1-7-20-52-43(6)59(10-4,39-8-2)57-41-50(35-37-54(52)57)61(46-21-14-12-15-22-46)48-31-27-44(28-32-48)45-29-33-49(34-30-45)62(47-23-16-13-17-24-47)51-36-38-55-53-25-18-19-26-56(53)60(11-5,40-9-3)58(55)42-51/h7,12-18,20-25,27-38,41-42H,1,6,8-11,19,26,39-40H2,2-5H3/b52-20+. The second-order valence-corrected chi connectivity index (χ2v) is 17.4. The number of anilines is 6. The van der Waals surface area contributed by atoms with Crippen molar-refractivity contribution in [2.24, 2.45) is 0 Å². The maximum Gasteiger partial charge on any atom is 0.0465 e. The van der Waals surface area contributed by atoms with Crippen LogP contribution in [0.25, 0.3) is 22.3 Å². The molecule has 3 aliphatic carbocycles. The Morgan fingerprint density at radius 3 is 1.52 bits per heavy atom. The monoisotopic (exact) mass is 808 g/mol. The first-order chi connectivity index (χ1) is 30.4. The Morgan fingerprint density at radius 2 is 1.02 bits per heavy atom. The van der Waals surface area contributed by atoms with Gasteiger partial charge in [0.2, 0.25) is 0 Å². The second kappa shape index (κ2) is 17.2. The van der Waals surface area contributed by atoms with E-state index in [4.69, 9.17) is 6.58 Å². The van der Waals surface area contributed by atoms with Gasteiger partial charge in [-0.05, 0) is 161 Å². The summed E-state index contributed by atoms with van der Waals surface area (Å²) in [5, 5.41) is 0.